The van der Waals surface area contributed by atoms with Gasteiger partial charge in [0, 0.05) is 14.8 Å². The molecule has 0 atom stereocenters. The van der Waals surface area contributed by atoms with E-state index in [4.69, 9.17) is 15.0 Å². The van der Waals surface area contributed by atoms with E-state index in [0.29, 0.717) is 0 Å². The number of nitrogens with zero attached hydrogens (tertiary/aromatic N) is 2. The molecular formula is HN2O4+. The summed E-state index contributed by atoms with van der Waals surface area (Å²) in [5.41, 5.74) is 0. The first kappa shape index (κ1) is 4.80. The van der Waals surface area contributed by atoms with Crippen molar-refractivity contribution in [2.24, 2.45) is 5.34 Å². The first-order valence-corrected chi connectivity index (χ1v) is 0.930. The van der Waals surface area contributed by atoms with Crippen molar-refractivity contribution in [3.05, 3.63) is 9.81 Å². The van der Waals surface area contributed by atoms with Gasteiger partial charge in [0.15, 0.2) is 0 Å². The summed E-state index contributed by atoms with van der Waals surface area (Å²) in [6.45, 7) is 0. The van der Waals surface area contributed by atoms with Gasteiger partial charge < -0.3 is 0 Å². The summed E-state index contributed by atoms with van der Waals surface area (Å²) in [6.07, 6.45) is 0. The molecule has 0 aromatic rings. The Kier molecular flexibility index (Phi) is 1.65. The molecule has 0 aliphatic carbocycles. The zero-order valence-corrected chi connectivity index (χ0v) is 2.57. The summed E-state index contributed by atoms with van der Waals surface area (Å²) in [4.78, 5) is 20.7. The van der Waals surface area contributed by atoms with Gasteiger partial charge in [-0.1, -0.05) is 0 Å². The topological polar surface area (TPSA) is 79.0 Å². The molecule has 34 valence electrons. The Morgan fingerprint density at radius 3 is 2.33 bits per heavy atom. The third kappa shape index (κ3) is 2.80. The molecule has 0 rings (SSSR count). The lowest BCUT2D eigenvalue weighted by Gasteiger charge is -1.61. The lowest BCUT2D eigenvalue weighted by Crippen LogP contribution is -1.94. The third-order valence-corrected chi connectivity index (χ3v) is 0.103. The van der Waals surface area contributed by atoms with Crippen LogP contribution in [-0.2, 0) is 4.94 Å². The van der Waals surface area contributed by atoms with E-state index in [-0.39, 0.29) is 0 Å². The molecule has 1 N–H and O–H groups in total. The van der Waals surface area contributed by atoms with Crippen molar-refractivity contribution in [2.45, 2.75) is 0 Å². The standard InChI is InChI=1S/HN2O4/c3-1-6-2(4)5/h(H,4,5)/q+1. The van der Waals surface area contributed by atoms with Gasteiger partial charge in [0.2, 0.25) is 0 Å². The molecule has 0 bridgehead atoms. The van der Waals surface area contributed by atoms with E-state index in [9.17, 15) is 0 Å². The second kappa shape index (κ2) is 2.06. The van der Waals surface area contributed by atoms with E-state index >= 15 is 0 Å². The number of rotatable bonds is 2. The molecule has 0 aromatic carbocycles. The summed E-state index contributed by atoms with van der Waals surface area (Å²) in [6, 6.07) is 0. The zero-order valence-electron chi connectivity index (χ0n) is 2.57. The van der Waals surface area contributed by atoms with E-state index in [2.05, 4.69) is 4.94 Å². The minimum absolute atomic E-state index is 1.05. The lowest BCUT2D eigenvalue weighted by molar-refractivity contribution is -0.977. The van der Waals surface area contributed by atoms with Crippen LogP contribution in [0.25, 0.3) is 0 Å². The highest BCUT2D eigenvalue weighted by Gasteiger charge is 1.96. The summed E-state index contributed by atoms with van der Waals surface area (Å²) in [7, 11) is 0. The van der Waals surface area contributed by atoms with Crippen LogP contribution in [0.4, 0.5) is 0 Å². The van der Waals surface area contributed by atoms with Gasteiger partial charge in [-0.2, -0.15) is 0 Å². The summed E-state index contributed by atoms with van der Waals surface area (Å²) in [5, 5.41) is 7.81. The van der Waals surface area contributed by atoms with E-state index in [1.807, 2.05) is 0 Å². The Bertz CT molecular complexity index is 65.9. The Morgan fingerprint density at radius 1 is 1.83 bits per heavy atom. The van der Waals surface area contributed by atoms with Gasteiger partial charge in [-0.25, -0.2) is 0 Å². The summed E-state index contributed by atoms with van der Waals surface area (Å²) < 4.78 is 0. The molecule has 0 saturated carbocycles. The predicted molar refractivity (Wildman–Crippen MR) is 12.3 cm³/mol. The fourth-order valence-corrected chi connectivity index (χ4v) is 0.0285. The highest BCUT2D eigenvalue weighted by atomic mass is 17.0. The van der Waals surface area contributed by atoms with Crippen LogP contribution in [0.5, 0.6) is 0 Å². The average molecular weight is 93.0 g/mol. The molecule has 0 radical (unpaired) electrons. The van der Waals surface area contributed by atoms with Crippen LogP contribution in [0.2, 0.25) is 0 Å². The second-order valence-corrected chi connectivity index (χ2v) is 0.394. The lowest BCUT2D eigenvalue weighted by atomic mass is 13.0. The fourth-order valence-electron chi connectivity index (χ4n) is 0.0285. The molecule has 0 aromatic heterocycles. The monoisotopic (exact) mass is 93.0 g/mol. The van der Waals surface area contributed by atoms with Gasteiger partial charge in [0.25, 0.3) is 0 Å². The average Bonchev–Trinajstić information content (AvgIpc) is 1.35. The number of hydrogen-bond acceptors (Lipinski definition) is 4. The van der Waals surface area contributed by atoms with Gasteiger partial charge in [0.05, 0.1) is 0 Å². The maximum absolute atomic E-state index is 9.00. The zero-order chi connectivity index (χ0) is 4.99. The molecule has 0 aliphatic heterocycles. The van der Waals surface area contributed by atoms with E-state index in [1.165, 1.54) is 0 Å². The molecule has 6 heteroatoms. The van der Waals surface area contributed by atoms with Crippen LogP contribution < -0.4 is 0 Å². The molecule has 6 heavy (non-hydrogen) atoms. The molecule has 0 heterocycles. The Hall–Kier alpha value is -1.20. The smallest absolute Gasteiger partial charge is 0.281 e. The van der Waals surface area contributed by atoms with Crippen molar-refractivity contribution in [3.63, 3.8) is 0 Å². The quantitative estimate of drug-likeness (QED) is 0.377. The van der Waals surface area contributed by atoms with Crippen molar-refractivity contribution in [2.75, 3.05) is 0 Å². The van der Waals surface area contributed by atoms with Gasteiger partial charge in [0.1, 0.15) is 0 Å². The molecule has 0 aliphatic rings. The van der Waals surface area contributed by atoms with Crippen molar-refractivity contribution in [1.29, 1.82) is 0 Å². The van der Waals surface area contributed by atoms with Crippen LogP contribution in [0.1, 0.15) is 0 Å². The Labute approximate surface area is 31.7 Å². The van der Waals surface area contributed by atoms with Crippen molar-refractivity contribution in [3.8, 4) is 0 Å². The largest absolute Gasteiger partial charge is 0.437 e. The molecular weight excluding hydrogens is 92.0 g/mol. The third-order valence-electron chi connectivity index (χ3n) is 0.103. The van der Waals surface area contributed by atoms with E-state index in [1.54, 1.807) is 5.34 Å². The van der Waals surface area contributed by atoms with Crippen LogP contribution in [0, 0.1) is 9.81 Å². The highest BCUT2D eigenvalue weighted by molar-refractivity contribution is 3.86. The van der Waals surface area contributed by atoms with Gasteiger partial charge >= 0.3 is 10.4 Å². The second-order valence-electron chi connectivity index (χ2n) is 0.394. The molecule has 0 saturated heterocycles. The fraction of sp³-hybridized carbons (Fsp3) is 0. The molecule has 0 spiro atoms. The molecule has 6 nitrogen and oxygen atoms in total. The molecule has 0 amide bonds. The first-order valence-electron chi connectivity index (χ1n) is 0.930. The van der Waals surface area contributed by atoms with Crippen LogP contribution in [0.15, 0.2) is 5.34 Å². The highest BCUT2D eigenvalue weighted by Crippen LogP contribution is 1.65. The SMILES string of the molecule is O=NO[N+](=O)O. The van der Waals surface area contributed by atoms with Gasteiger partial charge in [-0.3, -0.25) is 5.21 Å². The summed E-state index contributed by atoms with van der Waals surface area (Å²) >= 11 is 0. The van der Waals surface area contributed by atoms with E-state index < -0.39 is 5.09 Å². The minimum Gasteiger partial charge on any atom is -0.281 e. The minimum atomic E-state index is -1.05. The number of hydrogen-bond donors (Lipinski definition) is 1. The van der Waals surface area contributed by atoms with Gasteiger partial charge in [-0.15, -0.1) is 0 Å². The first-order chi connectivity index (χ1) is 2.77. The maximum atomic E-state index is 9.00. The maximum Gasteiger partial charge on any atom is 0.437 e. The van der Waals surface area contributed by atoms with Crippen molar-refractivity contribution >= 4 is 0 Å². The normalized spacial score (nSPS) is 6.67. The Morgan fingerprint density at radius 2 is 2.33 bits per heavy atom. The van der Waals surface area contributed by atoms with Crippen LogP contribution >= 0.6 is 0 Å². The molecule has 0 unspecified atom stereocenters. The van der Waals surface area contributed by atoms with Crippen molar-refractivity contribution in [1.82, 2.24) is 0 Å². The van der Waals surface area contributed by atoms with E-state index in [0.717, 1.165) is 0 Å². The Balaban J connectivity index is 3.05. The van der Waals surface area contributed by atoms with Crippen LogP contribution in [0.3, 0.4) is 0 Å². The predicted octanol–water partition coefficient (Wildman–Crippen LogP) is -0.232. The van der Waals surface area contributed by atoms with Crippen molar-refractivity contribution < 1.29 is 15.2 Å². The van der Waals surface area contributed by atoms with Crippen LogP contribution in [-0.4, -0.2) is 10.3 Å². The summed E-state index contributed by atoms with van der Waals surface area (Å²) in [5.74, 6) is 0. The van der Waals surface area contributed by atoms with Gasteiger partial charge in [-0.05, 0) is 0 Å². The molecule has 0 fully saturated rings.